The van der Waals surface area contributed by atoms with E-state index < -0.39 is 6.10 Å². The predicted octanol–water partition coefficient (Wildman–Crippen LogP) is 21.0. The highest BCUT2D eigenvalue weighted by atomic mass is 16.6. The van der Waals surface area contributed by atoms with E-state index in [1.807, 2.05) is 0 Å². The van der Waals surface area contributed by atoms with Crippen LogP contribution in [-0.2, 0) is 28.6 Å². The monoisotopic (exact) mass is 1030 g/mol. The molecule has 6 nitrogen and oxygen atoms in total. The van der Waals surface area contributed by atoms with Crippen molar-refractivity contribution in [2.75, 3.05) is 13.2 Å². The van der Waals surface area contributed by atoms with E-state index >= 15 is 0 Å². The third-order valence-corrected chi connectivity index (χ3v) is 13.0. The molecule has 1 atom stereocenters. The maximum absolute atomic E-state index is 12.9. The van der Waals surface area contributed by atoms with Gasteiger partial charge in [0, 0.05) is 19.3 Å². The van der Waals surface area contributed by atoms with Gasteiger partial charge in [-0.15, -0.1) is 0 Å². The van der Waals surface area contributed by atoms with Gasteiger partial charge in [-0.2, -0.15) is 0 Å². The lowest BCUT2D eigenvalue weighted by Gasteiger charge is -2.18. The first-order valence-corrected chi connectivity index (χ1v) is 30.9. The quantitative estimate of drug-likeness (QED) is 0.0261. The lowest BCUT2D eigenvalue weighted by molar-refractivity contribution is -0.167. The average molecular weight is 1030 g/mol. The molecule has 74 heavy (non-hydrogen) atoms. The van der Waals surface area contributed by atoms with Crippen molar-refractivity contribution in [3.8, 4) is 0 Å². The number of ether oxygens (including phenoxy) is 3. The Bertz CT molecular complexity index is 1510. The van der Waals surface area contributed by atoms with E-state index in [1.165, 1.54) is 116 Å². The fourth-order valence-corrected chi connectivity index (χ4v) is 8.42. The van der Waals surface area contributed by atoms with Crippen LogP contribution in [0.1, 0.15) is 284 Å². The summed E-state index contributed by atoms with van der Waals surface area (Å²) in [6.45, 7) is 6.39. The molecule has 0 aliphatic rings. The van der Waals surface area contributed by atoms with E-state index in [1.54, 1.807) is 0 Å². The van der Waals surface area contributed by atoms with Crippen molar-refractivity contribution in [1.29, 1.82) is 0 Å². The smallest absolute Gasteiger partial charge is 0.306 e. The summed E-state index contributed by atoms with van der Waals surface area (Å²) in [6.07, 6.45) is 83.7. The molecule has 6 heteroatoms. The molecule has 0 rings (SSSR count). The van der Waals surface area contributed by atoms with Gasteiger partial charge in [-0.3, -0.25) is 14.4 Å². The van der Waals surface area contributed by atoms with Crippen molar-refractivity contribution in [2.24, 2.45) is 0 Å². The molecule has 0 N–H and O–H groups in total. The van der Waals surface area contributed by atoms with E-state index in [2.05, 4.69) is 130 Å². The number of carbonyl (C=O) groups excluding carboxylic acids is 3. The molecule has 0 heterocycles. The summed E-state index contributed by atoms with van der Waals surface area (Å²) in [5.74, 6) is -0.921. The molecule has 422 valence electrons. The van der Waals surface area contributed by atoms with Gasteiger partial charge in [-0.05, 0) is 122 Å². The average Bonchev–Trinajstić information content (AvgIpc) is 3.40. The first-order chi connectivity index (χ1) is 36.5. The third-order valence-electron chi connectivity index (χ3n) is 13.0. The van der Waals surface area contributed by atoms with Gasteiger partial charge < -0.3 is 14.2 Å². The number of rotatable bonds is 55. The van der Waals surface area contributed by atoms with Gasteiger partial charge in [0.2, 0.25) is 0 Å². The van der Waals surface area contributed by atoms with E-state index in [0.29, 0.717) is 19.3 Å². The lowest BCUT2D eigenvalue weighted by atomic mass is 10.0. The predicted molar refractivity (Wildman–Crippen MR) is 320 cm³/mol. The highest BCUT2D eigenvalue weighted by Gasteiger charge is 2.19. The molecule has 0 saturated carbocycles. The van der Waals surface area contributed by atoms with E-state index in [-0.39, 0.29) is 31.1 Å². The molecule has 0 aliphatic heterocycles. The largest absolute Gasteiger partial charge is 0.462 e. The van der Waals surface area contributed by atoms with Crippen LogP contribution in [0.2, 0.25) is 0 Å². The van der Waals surface area contributed by atoms with Crippen molar-refractivity contribution >= 4 is 17.9 Å². The molecule has 0 aromatic heterocycles. The fraction of sp³-hybridized carbons (Fsp3) is 0.691. The Morgan fingerprint density at radius 1 is 0.284 bits per heavy atom. The van der Waals surface area contributed by atoms with Crippen LogP contribution in [0, 0.1) is 0 Å². The molecular formula is C68H114O6. The second kappa shape index (κ2) is 61.6. The Morgan fingerprint density at radius 2 is 0.527 bits per heavy atom. The van der Waals surface area contributed by atoms with Crippen LogP contribution in [0.3, 0.4) is 0 Å². The maximum atomic E-state index is 12.9. The molecule has 0 bridgehead atoms. The van der Waals surface area contributed by atoms with Crippen molar-refractivity contribution in [3.63, 3.8) is 0 Å². The number of hydrogen-bond donors (Lipinski definition) is 0. The van der Waals surface area contributed by atoms with Crippen molar-refractivity contribution < 1.29 is 28.6 Å². The van der Waals surface area contributed by atoms with E-state index in [0.717, 1.165) is 128 Å². The molecule has 0 radical (unpaired) electrons. The molecule has 0 fully saturated rings. The van der Waals surface area contributed by atoms with Gasteiger partial charge in [-0.1, -0.05) is 252 Å². The Hall–Kier alpha value is -3.93. The Balaban J connectivity index is 4.36. The Kier molecular flexibility index (Phi) is 58.3. The lowest BCUT2D eigenvalue weighted by Crippen LogP contribution is -2.30. The van der Waals surface area contributed by atoms with Crippen molar-refractivity contribution in [1.82, 2.24) is 0 Å². The van der Waals surface area contributed by atoms with Gasteiger partial charge in [0.25, 0.3) is 0 Å². The molecule has 0 aromatic carbocycles. The zero-order chi connectivity index (χ0) is 53.6. The van der Waals surface area contributed by atoms with Gasteiger partial charge in [0.05, 0.1) is 0 Å². The third kappa shape index (κ3) is 59.0. The zero-order valence-electron chi connectivity index (χ0n) is 48.3. The number of carbonyl (C=O) groups is 3. The van der Waals surface area contributed by atoms with Gasteiger partial charge in [0.1, 0.15) is 13.2 Å². The molecule has 0 aromatic rings. The summed E-state index contributed by atoms with van der Waals surface area (Å²) in [5.41, 5.74) is 0. The summed E-state index contributed by atoms with van der Waals surface area (Å²) < 4.78 is 16.9. The molecule has 0 spiro atoms. The van der Waals surface area contributed by atoms with Crippen LogP contribution < -0.4 is 0 Å². The second-order valence-electron chi connectivity index (χ2n) is 20.2. The van der Waals surface area contributed by atoms with Crippen LogP contribution >= 0.6 is 0 Å². The molecule has 0 amide bonds. The minimum absolute atomic E-state index is 0.0920. The number of esters is 3. The normalized spacial score (nSPS) is 12.9. The number of hydrogen-bond acceptors (Lipinski definition) is 6. The molecule has 0 aliphatic carbocycles. The SMILES string of the molecule is CC/C=C\C/C=C\C/C=C\C/C=C\CCCCCCCCCCCCCCC(=O)OCC(COC(=O)CCCCCCC/C=C\CCCCCCC)OC(=O)CCCCCC/C=C\C/C=C\C/C=C\C/C=C\CC. The molecule has 0 saturated heterocycles. The Labute approximate surface area is 457 Å². The number of unbranched alkanes of at least 4 members (excludes halogenated alkanes) is 26. The van der Waals surface area contributed by atoms with Crippen LogP contribution in [0.25, 0.3) is 0 Å². The first kappa shape index (κ1) is 70.1. The summed E-state index contributed by atoms with van der Waals surface area (Å²) in [4.78, 5) is 38.3. The van der Waals surface area contributed by atoms with Gasteiger partial charge >= 0.3 is 17.9 Å². The highest BCUT2D eigenvalue weighted by molar-refractivity contribution is 5.71. The van der Waals surface area contributed by atoms with Crippen LogP contribution in [0.5, 0.6) is 0 Å². The standard InChI is InChI=1S/C68H114O6/c1-4-7-10-13-16-19-22-25-28-30-31-32-33-34-35-36-37-39-40-43-46-49-52-55-58-61-67(70)73-64-65(63-72-66(69)60-57-54-51-48-45-42-27-24-21-18-15-12-9-6-3)74-68(71)62-59-56-53-50-47-44-41-38-29-26-23-20-17-14-11-8-5-2/h7-8,10-11,16-17,19-20,24-29,31-32,41,44,65H,4-6,9,12-15,18,21-23,30,33-40,42-43,45-64H2,1-3H3/b10-7-,11-8-,19-16-,20-17-,27-24-,28-25-,29-26-,32-31-,44-41-. The topological polar surface area (TPSA) is 78.9 Å². The summed E-state index contributed by atoms with van der Waals surface area (Å²) in [5, 5.41) is 0. The van der Waals surface area contributed by atoms with Crippen molar-refractivity contribution in [2.45, 2.75) is 290 Å². The van der Waals surface area contributed by atoms with E-state index in [4.69, 9.17) is 14.2 Å². The fourth-order valence-electron chi connectivity index (χ4n) is 8.42. The van der Waals surface area contributed by atoms with E-state index in [9.17, 15) is 14.4 Å². The summed E-state index contributed by atoms with van der Waals surface area (Å²) in [6, 6.07) is 0. The maximum Gasteiger partial charge on any atom is 0.306 e. The minimum atomic E-state index is -0.797. The Morgan fingerprint density at radius 3 is 0.838 bits per heavy atom. The highest BCUT2D eigenvalue weighted by Crippen LogP contribution is 2.15. The van der Waals surface area contributed by atoms with Crippen molar-refractivity contribution in [3.05, 3.63) is 109 Å². The molecule has 1 unspecified atom stereocenters. The summed E-state index contributed by atoms with van der Waals surface area (Å²) in [7, 11) is 0. The summed E-state index contributed by atoms with van der Waals surface area (Å²) >= 11 is 0. The zero-order valence-corrected chi connectivity index (χ0v) is 48.3. The molecular weight excluding hydrogens is 913 g/mol. The van der Waals surface area contributed by atoms with Crippen LogP contribution in [-0.4, -0.2) is 37.2 Å². The second-order valence-corrected chi connectivity index (χ2v) is 20.2. The number of allylic oxidation sites excluding steroid dienone is 18. The van der Waals surface area contributed by atoms with Gasteiger partial charge in [-0.25, -0.2) is 0 Å². The van der Waals surface area contributed by atoms with Crippen LogP contribution in [0.4, 0.5) is 0 Å². The first-order valence-electron chi connectivity index (χ1n) is 30.9. The van der Waals surface area contributed by atoms with Crippen LogP contribution in [0.15, 0.2) is 109 Å². The van der Waals surface area contributed by atoms with Gasteiger partial charge in [0.15, 0.2) is 6.10 Å². The minimum Gasteiger partial charge on any atom is -0.462 e.